The third-order valence-electron chi connectivity index (χ3n) is 3.97. The predicted octanol–water partition coefficient (Wildman–Crippen LogP) is 4.59. The third kappa shape index (κ3) is 3.30. The summed E-state index contributed by atoms with van der Waals surface area (Å²) in [6.45, 7) is 0. The number of hydrogen-bond donors (Lipinski definition) is 1. The SMILES string of the molecule is O=C(Nc1ccc(CCCl)cc1)C1CCCc2sccc21. The maximum atomic E-state index is 12.5. The highest BCUT2D eigenvalue weighted by atomic mass is 35.5. The van der Waals surface area contributed by atoms with E-state index in [0.717, 1.165) is 31.4 Å². The van der Waals surface area contributed by atoms with Crippen molar-refractivity contribution in [3.8, 4) is 0 Å². The van der Waals surface area contributed by atoms with Crippen molar-refractivity contribution in [2.75, 3.05) is 11.2 Å². The van der Waals surface area contributed by atoms with Gasteiger partial charge in [-0.15, -0.1) is 22.9 Å². The Morgan fingerprint density at radius 2 is 2.10 bits per heavy atom. The van der Waals surface area contributed by atoms with Gasteiger partial charge < -0.3 is 5.32 Å². The van der Waals surface area contributed by atoms with Gasteiger partial charge in [-0.2, -0.15) is 0 Å². The number of aryl methyl sites for hydroxylation is 2. The molecule has 110 valence electrons. The average molecular weight is 320 g/mol. The minimum absolute atomic E-state index is 0.00233. The Hall–Kier alpha value is -1.32. The van der Waals surface area contributed by atoms with Gasteiger partial charge in [-0.1, -0.05) is 12.1 Å². The molecule has 0 aliphatic heterocycles. The zero-order valence-corrected chi connectivity index (χ0v) is 13.3. The Balaban J connectivity index is 1.70. The van der Waals surface area contributed by atoms with Crippen molar-refractivity contribution in [1.29, 1.82) is 0 Å². The zero-order valence-electron chi connectivity index (χ0n) is 11.8. The van der Waals surface area contributed by atoms with Crippen LogP contribution >= 0.6 is 22.9 Å². The van der Waals surface area contributed by atoms with Crippen LogP contribution in [0, 0.1) is 0 Å². The first-order valence-corrected chi connectivity index (χ1v) is 8.71. The molecular formula is C17H18ClNOS. The van der Waals surface area contributed by atoms with E-state index in [1.54, 1.807) is 11.3 Å². The van der Waals surface area contributed by atoms with E-state index in [9.17, 15) is 4.79 Å². The molecule has 1 aliphatic rings. The van der Waals surface area contributed by atoms with Crippen LogP contribution in [0.25, 0.3) is 0 Å². The first-order valence-electron chi connectivity index (χ1n) is 7.30. The quantitative estimate of drug-likeness (QED) is 0.821. The van der Waals surface area contributed by atoms with Crippen LogP contribution in [0.4, 0.5) is 5.69 Å². The number of halogens is 1. The normalized spacial score (nSPS) is 17.3. The van der Waals surface area contributed by atoms with Crippen LogP contribution in [0.3, 0.4) is 0 Å². The fourth-order valence-corrected chi connectivity index (χ4v) is 4.06. The van der Waals surface area contributed by atoms with Crippen molar-refractivity contribution < 1.29 is 4.79 Å². The number of anilines is 1. The molecule has 0 saturated heterocycles. The molecule has 21 heavy (non-hydrogen) atoms. The maximum absolute atomic E-state index is 12.5. The number of nitrogens with one attached hydrogen (secondary N) is 1. The molecule has 0 fully saturated rings. The summed E-state index contributed by atoms with van der Waals surface area (Å²) in [5, 5.41) is 5.14. The molecule has 0 spiro atoms. The second-order valence-electron chi connectivity index (χ2n) is 5.37. The number of carbonyl (C=O) groups is 1. The third-order valence-corrected chi connectivity index (χ3v) is 5.16. The van der Waals surface area contributed by atoms with E-state index >= 15 is 0 Å². The van der Waals surface area contributed by atoms with Gasteiger partial charge in [-0.25, -0.2) is 0 Å². The molecule has 1 aromatic heterocycles. The monoisotopic (exact) mass is 319 g/mol. The summed E-state index contributed by atoms with van der Waals surface area (Å²) in [5.41, 5.74) is 3.28. The van der Waals surface area contributed by atoms with E-state index in [2.05, 4.69) is 16.8 Å². The summed E-state index contributed by atoms with van der Waals surface area (Å²) in [6, 6.07) is 10.1. The predicted molar refractivity (Wildman–Crippen MR) is 89.5 cm³/mol. The van der Waals surface area contributed by atoms with Gasteiger partial charge in [0, 0.05) is 16.4 Å². The fraction of sp³-hybridized carbons (Fsp3) is 0.353. The Morgan fingerprint density at radius 3 is 2.86 bits per heavy atom. The second-order valence-corrected chi connectivity index (χ2v) is 6.75. The number of hydrogen-bond acceptors (Lipinski definition) is 2. The number of fused-ring (bicyclic) bond motifs is 1. The van der Waals surface area contributed by atoms with E-state index in [4.69, 9.17) is 11.6 Å². The smallest absolute Gasteiger partial charge is 0.231 e. The van der Waals surface area contributed by atoms with Gasteiger partial charge in [-0.05, 0) is 60.4 Å². The van der Waals surface area contributed by atoms with Crippen molar-refractivity contribution in [1.82, 2.24) is 0 Å². The summed E-state index contributed by atoms with van der Waals surface area (Å²) in [6.07, 6.45) is 4.01. The van der Waals surface area contributed by atoms with Gasteiger partial charge in [-0.3, -0.25) is 4.79 Å². The number of benzene rings is 1. The number of carbonyl (C=O) groups excluding carboxylic acids is 1. The van der Waals surface area contributed by atoms with E-state index in [1.165, 1.54) is 16.0 Å². The zero-order chi connectivity index (χ0) is 14.7. The largest absolute Gasteiger partial charge is 0.326 e. The molecule has 0 radical (unpaired) electrons. The average Bonchev–Trinajstić information content (AvgIpc) is 2.98. The standard InChI is InChI=1S/C17H18ClNOS/c18-10-8-12-4-6-13(7-5-12)19-17(20)15-2-1-3-16-14(15)9-11-21-16/h4-7,9,11,15H,1-3,8,10H2,(H,19,20). The van der Waals surface area contributed by atoms with Gasteiger partial charge in [0.1, 0.15) is 0 Å². The fourth-order valence-electron chi connectivity index (χ4n) is 2.85. The van der Waals surface area contributed by atoms with Crippen LogP contribution in [0.5, 0.6) is 0 Å². The number of amides is 1. The van der Waals surface area contributed by atoms with E-state index in [1.807, 2.05) is 24.3 Å². The summed E-state index contributed by atoms with van der Waals surface area (Å²) in [7, 11) is 0. The molecule has 2 nitrogen and oxygen atoms in total. The van der Waals surface area contributed by atoms with E-state index in [0.29, 0.717) is 5.88 Å². The Kier molecular flexibility index (Phi) is 4.61. The maximum Gasteiger partial charge on any atom is 0.231 e. The minimum Gasteiger partial charge on any atom is -0.326 e. The summed E-state index contributed by atoms with van der Waals surface area (Å²) in [5.74, 6) is 0.733. The van der Waals surface area contributed by atoms with Crippen LogP contribution in [-0.4, -0.2) is 11.8 Å². The molecule has 1 heterocycles. The molecule has 1 atom stereocenters. The number of thiophene rings is 1. The lowest BCUT2D eigenvalue weighted by Crippen LogP contribution is -2.23. The van der Waals surface area contributed by atoms with Crippen LogP contribution in [0.2, 0.25) is 0 Å². The highest BCUT2D eigenvalue weighted by Gasteiger charge is 2.27. The van der Waals surface area contributed by atoms with Crippen LogP contribution in [0.1, 0.15) is 34.8 Å². The van der Waals surface area contributed by atoms with Crippen LogP contribution < -0.4 is 5.32 Å². The summed E-state index contributed by atoms with van der Waals surface area (Å²) in [4.78, 5) is 13.9. The molecule has 0 saturated carbocycles. The van der Waals surface area contributed by atoms with Crippen molar-refractivity contribution >= 4 is 34.5 Å². The van der Waals surface area contributed by atoms with Gasteiger partial charge in [0.15, 0.2) is 0 Å². The topological polar surface area (TPSA) is 29.1 Å². The molecule has 3 rings (SSSR count). The molecule has 1 unspecified atom stereocenters. The van der Waals surface area contributed by atoms with Crippen LogP contribution in [0.15, 0.2) is 35.7 Å². The van der Waals surface area contributed by atoms with Gasteiger partial charge in [0.05, 0.1) is 5.92 Å². The highest BCUT2D eigenvalue weighted by Crippen LogP contribution is 2.35. The molecule has 0 bridgehead atoms. The van der Waals surface area contributed by atoms with E-state index in [-0.39, 0.29) is 11.8 Å². The summed E-state index contributed by atoms with van der Waals surface area (Å²) < 4.78 is 0. The molecule has 1 aromatic carbocycles. The molecule has 4 heteroatoms. The number of alkyl halides is 1. The highest BCUT2D eigenvalue weighted by molar-refractivity contribution is 7.10. The van der Waals surface area contributed by atoms with Gasteiger partial charge in [0.2, 0.25) is 5.91 Å². The minimum atomic E-state index is 0.00233. The van der Waals surface area contributed by atoms with Gasteiger partial charge in [0.25, 0.3) is 0 Å². The molecular weight excluding hydrogens is 302 g/mol. The summed E-state index contributed by atoms with van der Waals surface area (Å²) >= 11 is 7.50. The lowest BCUT2D eigenvalue weighted by molar-refractivity contribution is -0.117. The van der Waals surface area contributed by atoms with Gasteiger partial charge >= 0.3 is 0 Å². The second kappa shape index (κ2) is 6.63. The van der Waals surface area contributed by atoms with Crippen molar-refractivity contribution in [2.45, 2.75) is 31.6 Å². The van der Waals surface area contributed by atoms with Crippen molar-refractivity contribution in [2.24, 2.45) is 0 Å². The van der Waals surface area contributed by atoms with Crippen molar-refractivity contribution in [3.63, 3.8) is 0 Å². The molecule has 1 amide bonds. The first-order chi connectivity index (χ1) is 10.3. The Morgan fingerprint density at radius 1 is 1.29 bits per heavy atom. The van der Waals surface area contributed by atoms with E-state index < -0.39 is 0 Å². The molecule has 2 aromatic rings. The lowest BCUT2D eigenvalue weighted by atomic mass is 9.87. The first kappa shape index (κ1) is 14.6. The molecule has 1 N–H and O–H groups in total. The number of rotatable bonds is 4. The Labute approximate surface area is 134 Å². The Bertz CT molecular complexity index is 620. The van der Waals surface area contributed by atoms with Crippen molar-refractivity contribution in [3.05, 3.63) is 51.7 Å². The molecule has 1 aliphatic carbocycles. The lowest BCUT2D eigenvalue weighted by Gasteiger charge is -2.21. The van der Waals surface area contributed by atoms with Crippen LogP contribution in [-0.2, 0) is 17.6 Å².